The maximum atomic E-state index is 11.7. The van der Waals surface area contributed by atoms with E-state index in [9.17, 15) is 9.59 Å². The smallest absolute Gasteiger partial charge is 0.335 e. The summed E-state index contributed by atoms with van der Waals surface area (Å²) in [6.45, 7) is 8.83. The Kier molecular flexibility index (Phi) is 13.4. The van der Waals surface area contributed by atoms with E-state index in [4.69, 9.17) is 19.7 Å². The molecule has 2 N–H and O–H groups in total. The molecule has 2 aromatic carbocycles. The topological polar surface area (TPSA) is 93.1 Å². The Morgan fingerprint density at radius 1 is 0.730 bits per heavy atom. The fourth-order valence-electron chi connectivity index (χ4n) is 3.92. The van der Waals surface area contributed by atoms with Crippen LogP contribution in [0.25, 0.3) is 11.1 Å². The number of carbonyl (C=O) groups is 2. The van der Waals surface area contributed by atoms with Crippen molar-refractivity contribution in [1.82, 2.24) is 0 Å². The van der Waals surface area contributed by atoms with Crippen LogP contribution < -0.4 is 0 Å². The molecule has 0 bridgehead atoms. The van der Waals surface area contributed by atoms with Crippen LogP contribution in [0, 0.1) is 0 Å². The minimum atomic E-state index is -0.573. The molecule has 2 aromatic rings. The number of rotatable bonds is 17. The third-order valence-electron chi connectivity index (χ3n) is 6.19. The van der Waals surface area contributed by atoms with E-state index in [0.717, 1.165) is 29.5 Å². The molecule has 0 aliphatic heterocycles. The fraction of sp³-hybridized carbons (Fsp3) is 0.419. The van der Waals surface area contributed by atoms with Crippen molar-refractivity contribution in [3.8, 4) is 11.1 Å². The van der Waals surface area contributed by atoms with Gasteiger partial charge in [0.2, 0.25) is 0 Å². The summed E-state index contributed by atoms with van der Waals surface area (Å²) < 4.78 is 10.3. The van der Waals surface area contributed by atoms with Crippen LogP contribution in [-0.2, 0) is 38.3 Å². The van der Waals surface area contributed by atoms with Gasteiger partial charge >= 0.3 is 11.9 Å². The Balaban J connectivity index is 2.07. The van der Waals surface area contributed by atoms with Crippen molar-refractivity contribution in [2.75, 3.05) is 26.4 Å². The van der Waals surface area contributed by atoms with Gasteiger partial charge in [0.15, 0.2) is 0 Å². The summed E-state index contributed by atoms with van der Waals surface area (Å²) >= 11 is 0. The average molecular weight is 509 g/mol. The molecule has 37 heavy (non-hydrogen) atoms. The van der Waals surface area contributed by atoms with Crippen molar-refractivity contribution in [2.45, 2.75) is 58.3 Å². The van der Waals surface area contributed by atoms with Crippen LogP contribution in [0.15, 0.2) is 66.8 Å². The van der Waals surface area contributed by atoms with Gasteiger partial charge in [0.25, 0.3) is 0 Å². The SMILES string of the molecule is C=C(CO)C(=O)OCCc1ccc(-c2ccc(CCOC(=O)C(=C)CO)cc2CCCCCCC)cc1. The summed E-state index contributed by atoms with van der Waals surface area (Å²) in [7, 11) is 0. The number of aliphatic hydroxyl groups is 2. The zero-order valence-corrected chi connectivity index (χ0v) is 22.0. The summed E-state index contributed by atoms with van der Waals surface area (Å²) in [5.41, 5.74) is 5.82. The number of hydrogen-bond donors (Lipinski definition) is 2. The van der Waals surface area contributed by atoms with Crippen molar-refractivity contribution >= 4 is 11.9 Å². The lowest BCUT2D eigenvalue weighted by Gasteiger charge is -2.14. The van der Waals surface area contributed by atoms with Crippen LogP contribution in [0.1, 0.15) is 55.7 Å². The Bertz CT molecular complexity index is 1040. The highest BCUT2D eigenvalue weighted by atomic mass is 16.5. The first kappa shape index (κ1) is 30.0. The molecule has 2 rings (SSSR count). The molecule has 0 heterocycles. The number of aliphatic hydroxyl groups excluding tert-OH is 2. The molecule has 200 valence electrons. The molecule has 0 saturated heterocycles. The van der Waals surface area contributed by atoms with E-state index in [0.29, 0.717) is 12.8 Å². The van der Waals surface area contributed by atoms with Gasteiger partial charge in [-0.1, -0.05) is 88.2 Å². The number of aryl methyl sites for hydroxylation is 1. The Morgan fingerprint density at radius 2 is 1.27 bits per heavy atom. The molecule has 0 aromatic heterocycles. The number of hydrogen-bond acceptors (Lipinski definition) is 6. The predicted molar refractivity (Wildman–Crippen MR) is 146 cm³/mol. The van der Waals surface area contributed by atoms with E-state index in [1.54, 1.807) is 0 Å². The van der Waals surface area contributed by atoms with Gasteiger partial charge in [-0.3, -0.25) is 0 Å². The van der Waals surface area contributed by atoms with Gasteiger partial charge < -0.3 is 19.7 Å². The van der Waals surface area contributed by atoms with Crippen LogP contribution >= 0.6 is 0 Å². The zero-order chi connectivity index (χ0) is 27.0. The molecular formula is C31H40O6. The third-order valence-corrected chi connectivity index (χ3v) is 6.19. The molecular weight excluding hydrogens is 468 g/mol. The van der Waals surface area contributed by atoms with Gasteiger partial charge in [-0.2, -0.15) is 0 Å². The largest absolute Gasteiger partial charge is 0.462 e. The highest BCUT2D eigenvalue weighted by Gasteiger charge is 2.11. The lowest BCUT2D eigenvalue weighted by Crippen LogP contribution is -2.12. The second-order valence-electron chi connectivity index (χ2n) is 9.15. The van der Waals surface area contributed by atoms with E-state index in [1.807, 2.05) is 12.1 Å². The molecule has 0 spiro atoms. The summed E-state index contributed by atoms with van der Waals surface area (Å²) in [5, 5.41) is 18.0. The number of esters is 2. The van der Waals surface area contributed by atoms with Crippen molar-refractivity contribution in [3.05, 3.63) is 83.5 Å². The molecule has 6 nitrogen and oxygen atoms in total. The van der Waals surface area contributed by atoms with Gasteiger partial charge in [0, 0.05) is 12.8 Å². The van der Waals surface area contributed by atoms with Gasteiger partial charge in [-0.25, -0.2) is 9.59 Å². The van der Waals surface area contributed by atoms with E-state index in [-0.39, 0.29) is 24.4 Å². The van der Waals surface area contributed by atoms with E-state index in [1.165, 1.54) is 36.8 Å². The summed E-state index contributed by atoms with van der Waals surface area (Å²) in [6.07, 6.45) is 8.15. The number of carbonyl (C=O) groups excluding carboxylic acids is 2. The van der Waals surface area contributed by atoms with Crippen molar-refractivity contribution in [2.24, 2.45) is 0 Å². The highest BCUT2D eigenvalue weighted by molar-refractivity contribution is 5.88. The Morgan fingerprint density at radius 3 is 1.84 bits per heavy atom. The standard InChI is InChI=1S/C31H40O6/c1-4-5-6-7-8-9-28-20-26(17-19-37-31(35)24(3)22-33)12-15-29(28)27-13-10-25(11-14-27)16-18-36-30(34)23(2)21-32/h10-15,20,32-33H,2-9,16-19,21-22H2,1H3. The molecule has 0 fully saturated rings. The van der Waals surface area contributed by atoms with Gasteiger partial charge in [-0.05, 0) is 40.7 Å². The third kappa shape index (κ3) is 10.3. The van der Waals surface area contributed by atoms with Crippen molar-refractivity contribution in [1.29, 1.82) is 0 Å². The van der Waals surface area contributed by atoms with Crippen molar-refractivity contribution < 1.29 is 29.3 Å². The molecule has 0 aliphatic rings. The fourth-order valence-corrected chi connectivity index (χ4v) is 3.92. The normalized spacial score (nSPS) is 10.7. The molecule has 0 aliphatic carbocycles. The Labute approximate surface area is 220 Å². The monoisotopic (exact) mass is 508 g/mol. The number of benzene rings is 2. The molecule has 0 unspecified atom stereocenters. The van der Waals surface area contributed by atoms with Gasteiger partial charge in [0.05, 0.1) is 37.6 Å². The van der Waals surface area contributed by atoms with Crippen LogP contribution in [0.3, 0.4) is 0 Å². The first-order valence-electron chi connectivity index (χ1n) is 13.0. The van der Waals surface area contributed by atoms with E-state index < -0.39 is 25.2 Å². The first-order chi connectivity index (χ1) is 17.9. The quantitative estimate of drug-likeness (QED) is 0.175. The van der Waals surface area contributed by atoms with Crippen LogP contribution in [-0.4, -0.2) is 48.6 Å². The van der Waals surface area contributed by atoms with E-state index >= 15 is 0 Å². The maximum absolute atomic E-state index is 11.7. The summed E-state index contributed by atoms with van der Waals surface area (Å²) in [5.74, 6) is -1.14. The second-order valence-corrected chi connectivity index (χ2v) is 9.15. The van der Waals surface area contributed by atoms with Gasteiger partial charge in [-0.15, -0.1) is 0 Å². The molecule has 0 radical (unpaired) electrons. The lowest BCUT2D eigenvalue weighted by molar-refractivity contribution is -0.140. The summed E-state index contributed by atoms with van der Waals surface area (Å²) in [6, 6.07) is 14.6. The number of unbranched alkanes of at least 4 members (excludes halogenated alkanes) is 4. The maximum Gasteiger partial charge on any atom is 0.335 e. The Hall–Kier alpha value is -3.22. The molecule has 0 amide bonds. The van der Waals surface area contributed by atoms with Crippen LogP contribution in [0.4, 0.5) is 0 Å². The second kappa shape index (κ2) is 16.5. The highest BCUT2D eigenvalue weighted by Crippen LogP contribution is 2.27. The predicted octanol–water partition coefficient (Wildman–Crippen LogP) is 5.13. The molecule has 0 saturated carbocycles. The number of ether oxygens (including phenoxy) is 2. The van der Waals surface area contributed by atoms with Crippen LogP contribution in [0.2, 0.25) is 0 Å². The van der Waals surface area contributed by atoms with Crippen LogP contribution in [0.5, 0.6) is 0 Å². The molecule has 6 heteroatoms. The lowest BCUT2D eigenvalue weighted by atomic mass is 9.92. The summed E-state index contributed by atoms with van der Waals surface area (Å²) in [4.78, 5) is 23.4. The first-order valence-corrected chi connectivity index (χ1v) is 13.0. The van der Waals surface area contributed by atoms with Gasteiger partial charge in [0.1, 0.15) is 0 Å². The van der Waals surface area contributed by atoms with E-state index in [2.05, 4.69) is 50.4 Å². The molecule has 0 atom stereocenters. The minimum Gasteiger partial charge on any atom is -0.462 e. The zero-order valence-electron chi connectivity index (χ0n) is 22.0. The minimum absolute atomic E-state index is 0.0507. The van der Waals surface area contributed by atoms with Crippen molar-refractivity contribution in [3.63, 3.8) is 0 Å². The average Bonchev–Trinajstić information content (AvgIpc) is 2.92.